The lowest BCUT2D eigenvalue weighted by atomic mass is 10.1. The van der Waals surface area contributed by atoms with Gasteiger partial charge >= 0.3 is 5.69 Å². The molecular weight excluding hydrogens is 310 g/mol. The number of rotatable bonds is 3. The highest BCUT2D eigenvalue weighted by molar-refractivity contribution is 5.87. The maximum absolute atomic E-state index is 10.9. The van der Waals surface area contributed by atoms with Crippen LogP contribution in [0.25, 0.3) is 11.6 Å². The summed E-state index contributed by atoms with van der Waals surface area (Å²) in [5, 5.41) is 38.2. The number of nitrogens with zero attached hydrogens (tertiary/aromatic N) is 5. The smallest absolute Gasteiger partial charge is 0.311 e. The van der Waals surface area contributed by atoms with Crippen LogP contribution in [0.5, 0.6) is 5.75 Å². The van der Waals surface area contributed by atoms with Gasteiger partial charge < -0.3 is 9.67 Å². The molecule has 0 amide bonds. The minimum Gasteiger partial charge on any atom is -0.502 e. The maximum atomic E-state index is 10.9. The van der Waals surface area contributed by atoms with E-state index >= 15 is 0 Å². The van der Waals surface area contributed by atoms with E-state index in [1.165, 1.54) is 24.3 Å². The van der Waals surface area contributed by atoms with Gasteiger partial charge in [-0.3, -0.25) is 10.1 Å². The van der Waals surface area contributed by atoms with Crippen LogP contribution in [0.1, 0.15) is 36.5 Å². The van der Waals surface area contributed by atoms with Crippen molar-refractivity contribution in [3.8, 4) is 11.8 Å². The number of allylic oxidation sites excluding steroid dienone is 1. The Balaban J connectivity index is 2.03. The van der Waals surface area contributed by atoms with Crippen LogP contribution in [-0.2, 0) is 13.0 Å². The summed E-state index contributed by atoms with van der Waals surface area (Å²) < 4.78 is 1.94. The molecule has 1 aromatic heterocycles. The number of nitro benzene ring substituents is 1. The lowest BCUT2D eigenvalue weighted by Crippen LogP contribution is -2.05. The third-order valence-corrected chi connectivity index (χ3v) is 3.98. The van der Waals surface area contributed by atoms with Gasteiger partial charge in [-0.2, -0.15) is 5.26 Å². The zero-order valence-electron chi connectivity index (χ0n) is 12.8. The second-order valence-corrected chi connectivity index (χ2v) is 5.58. The minimum atomic E-state index is -0.665. The number of phenols is 1. The number of aromatic hydroxyl groups is 1. The van der Waals surface area contributed by atoms with Gasteiger partial charge in [0, 0.05) is 19.0 Å². The van der Waals surface area contributed by atoms with Gasteiger partial charge in [0.15, 0.2) is 11.6 Å². The van der Waals surface area contributed by atoms with E-state index in [2.05, 4.69) is 16.3 Å². The van der Waals surface area contributed by atoms with Gasteiger partial charge in [-0.05, 0) is 30.5 Å². The summed E-state index contributed by atoms with van der Waals surface area (Å²) in [6, 6.07) is 6.07. The highest BCUT2D eigenvalue weighted by Gasteiger charge is 2.18. The van der Waals surface area contributed by atoms with Crippen LogP contribution in [0.4, 0.5) is 5.69 Å². The molecule has 0 bridgehead atoms. The number of aryl methyl sites for hydroxylation is 1. The summed E-state index contributed by atoms with van der Waals surface area (Å²) in [6.45, 7) is 0.756. The molecule has 2 aromatic rings. The van der Waals surface area contributed by atoms with E-state index in [0.29, 0.717) is 11.4 Å². The van der Waals surface area contributed by atoms with Crippen LogP contribution < -0.4 is 0 Å². The molecule has 2 heterocycles. The first-order chi connectivity index (χ1) is 11.6. The number of fused-ring (bicyclic) bond motifs is 1. The normalized spacial score (nSPS) is 14.5. The third-order valence-electron chi connectivity index (χ3n) is 3.98. The summed E-state index contributed by atoms with van der Waals surface area (Å²) in [5.41, 5.74) is 0.332. The van der Waals surface area contributed by atoms with Crippen LogP contribution in [0.2, 0.25) is 0 Å². The quantitative estimate of drug-likeness (QED) is 0.526. The van der Waals surface area contributed by atoms with Gasteiger partial charge in [-0.25, -0.2) is 0 Å². The molecule has 0 spiro atoms. The summed E-state index contributed by atoms with van der Waals surface area (Å²) in [6.07, 6.45) is 5.51. The van der Waals surface area contributed by atoms with Crippen molar-refractivity contribution in [2.24, 2.45) is 0 Å². The van der Waals surface area contributed by atoms with E-state index in [0.717, 1.165) is 38.1 Å². The van der Waals surface area contributed by atoms with Crippen LogP contribution >= 0.6 is 0 Å². The highest BCUT2D eigenvalue weighted by Crippen LogP contribution is 2.28. The third kappa shape index (κ3) is 2.96. The first kappa shape index (κ1) is 15.7. The van der Waals surface area contributed by atoms with Gasteiger partial charge in [-0.15, -0.1) is 10.2 Å². The van der Waals surface area contributed by atoms with Crippen molar-refractivity contribution in [2.75, 3.05) is 0 Å². The van der Waals surface area contributed by atoms with E-state index < -0.39 is 16.4 Å². The molecule has 122 valence electrons. The second-order valence-electron chi connectivity index (χ2n) is 5.58. The standard InChI is InChI=1S/C16H15N5O3/c17-10-12(8-11-5-6-14(22)13(9-11)21(23)24)16-19-18-15-4-2-1-3-7-20(15)16/h5-6,8-9,22H,1-4,7H2/b12-8+. The molecule has 1 aliphatic heterocycles. The zero-order valence-corrected chi connectivity index (χ0v) is 12.8. The van der Waals surface area contributed by atoms with E-state index in [4.69, 9.17) is 0 Å². The molecule has 1 N–H and O–H groups in total. The van der Waals surface area contributed by atoms with Crippen LogP contribution in [0.3, 0.4) is 0 Å². The Morgan fingerprint density at radius 1 is 1.38 bits per heavy atom. The van der Waals surface area contributed by atoms with Crippen molar-refractivity contribution in [3.05, 3.63) is 45.5 Å². The van der Waals surface area contributed by atoms with E-state index in [1.807, 2.05) is 4.57 Å². The number of aromatic nitrogens is 3. The van der Waals surface area contributed by atoms with Gasteiger partial charge in [-0.1, -0.05) is 12.5 Å². The fourth-order valence-corrected chi connectivity index (χ4v) is 2.77. The number of hydrogen-bond acceptors (Lipinski definition) is 6. The molecule has 0 fully saturated rings. The average Bonchev–Trinajstić information content (AvgIpc) is 2.82. The molecule has 0 saturated carbocycles. The number of hydrogen-bond donors (Lipinski definition) is 1. The zero-order chi connectivity index (χ0) is 17.1. The lowest BCUT2D eigenvalue weighted by Gasteiger charge is -2.06. The fourth-order valence-electron chi connectivity index (χ4n) is 2.77. The van der Waals surface area contributed by atoms with Crippen LogP contribution in [-0.4, -0.2) is 24.8 Å². The van der Waals surface area contributed by atoms with Crippen molar-refractivity contribution >= 4 is 17.3 Å². The lowest BCUT2D eigenvalue weighted by molar-refractivity contribution is -0.385. The number of nitro groups is 1. The van der Waals surface area contributed by atoms with Gasteiger partial charge in [0.1, 0.15) is 11.9 Å². The van der Waals surface area contributed by atoms with Crippen molar-refractivity contribution in [1.29, 1.82) is 5.26 Å². The van der Waals surface area contributed by atoms with Gasteiger partial charge in [0.2, 0.25) is 0 Å². The first-order valence-corrected chi connectivity index (χ1v) is 7.62. The molecule has 0 saturated heterocycles. The monoisotopic (exact) mass is 325 g/mol. The first-order valence-electron chi connectivity index (χ1n) is 7.62. The molecule has 24 heavy (non-hydrogen) atoms. The SMILES string of the molecule is N#C/C(=C\c1ccc(O)c([N+](=O)[O-])c1)c1nnc2n1CCCCC2. The van der Waals surface area contributed by atoms with Crippen molar-refractivity contribution in [3.63, 3.8) is 0 Å². The topological polar surface area (TPSA) is 118 Å². The number of benzene rings is 1. The Kier molecular flexibility index (Phi) is 4.24. The van der Waals surface area contributed by atoms with E-state index in [1.54, 1.807) is 0 Å². The number of nitriles is 1. The fraction of sp³-hybridized carbons (Fsp3) is 0.312. The van der Waals surface area contributed by atoms with Crippen LogP contribution in [0.15, 0.2) is 18.2 Å². The summed E-state index contributed by atoms with van der Waals surface area (Å²) in [4.78, 5) is 10.3. The van der Waals surface area contributed by atoms with Crippen molar-refractivity contribution in [1.82, 2.24) is 14.8 Å². The average molecular weight is 325 g/mol. The predicted molar refractivity (Wildman–Crippen MR) is 85.8 cm³/mol. The predicted octanol–water partition coefficient (Wildman–Crippen LogP) is 2.68. The molecule has 3 rings (SSSR count). The molecule has 0 aliphatic carbocycles. The molecule has 8 heteroatoms. The van der Waals surface area contributed by atoms with Crippen LogP contribution in [0, 0.1) is 21.4 Å². The number of phenolic OH excluding ortho intramolecular Hbond substituents is 1. The highest BCUT2D eigenvalue weighted by atomic mass is 16.6. The van der Waals surface area contributed by atoms with Crippen molar-refractivity contribution < 1.29 is 10.0 Å². The van der Waals surface area contributed by atoms with E-state index in [9.17, 15) is 20.5 Å². The maximum Gasteiger partial charge on any atom is 0.311 e. The summed E-state index contributed by atoms with van der Waals surface area (Å²) in [7, 11) is 0. The Hall–Kier alpha value is -3.21. The summed E-state index contributed by atoms with van der Waals surface area (Å²) in [5.74, 6) is 0.928. The minimum absolute atomic E-state index is 0.288. The Morgan fingerprint density at radius 3 is 2.96 bits per heavy atom. The molecule has 1 aromatic carbocycles. The molecule has 1 aliphatic rings. The molecule has 0 unspecified atom stereocenters. The summed E-state index contributed by atoms with van der Waals surface area (Å²) >= 11 is 0. The molecule has 0 radical (unpaired) electrons. The largest absolute Gasteiger partial charge is 0.502 e. The Morgan fingerprint density at radius 2 is 2.21 bits per heavy atom. The molecule has 8 nitrogen and oxygen atoms in total. The molecule has 0 atom stereocenters. The molecular formula is C16H15N5O3. The van der Waals surface area contributed by atoms with Gasteiger partial charge in [0.05, 0.1) is 10.5 Å². The Bertz CT molecular complexity index is 863. The Labute approximate surface area is 137 Å². The van der Waals surface area contributed by atoms with E-state index in [-0.39, 0.29) is 5.57 Å². The van der Waals surface area contributed by atoms with Gasteiger partial charge in [0.25, 0.3) is 0 Å². The second kappa shape index (κ2) is 6.50. The van der Waals surface area contributed by atoms with Crippen molar-refractivity contribution in [2.45, 2.75) is 32.2 Å².